The first kappa shape index (κ1) is 20.2. The zero-order chi connectivity index (χ0) is 18.2. The summed E-state index contributed by atoms with van der Waals surface area (Å²) in [5, 5.41) is 3.52. The standard InChI is InChI=1S/C24H43NO/c1-2-3-4-5-6-7-8-9-10-11-12-13-23(26)25-24-17-20-14-21(18-24)16-22(15-20)19-24/h20-22H,2-19H2,1H3,(H,25,26). The second-order valence-corrected chi connectivity index (χ2v) is 10.0. The van der Waals surface area contributed by atoms with E-state index in [1.54, 1.807) is 0 Å². The van der Waals surface area contributed by atoms with E-state index < -0.39 is 0 Å². The van der Waals surface area contributed by atoms with Gasteiger partial charge in [0.25, 0.3) is 0 Å². The number of amides is 1. The fraction of sp³-hybridized carbons (Fsp3) is 0.958. The van der Waals surface area contributed by atoms with Crippen LogP contribution in [0.5, 0.6) is 0 Å². The molecule has 0 saturated heterocycles. The first-order valence-electron chi connectivity index (χ1n) is 12.0. The predicted molar refractivity (Wildman–Crippen MR) is 110 cm³/mol. The zero-order valence-corrected chi connectivity index (χ0v) is 17.4. The Bertz CT molecular complexity index is 395. The van der Waals surface area contributed by atoms with Gasteiger partial charge < -0.3 is 5.32 Å². The van der Waals surface area contributed by atoms with Crippen molar-refractivity contribution in [3.05, 3.63) is 0 Å². The maximum atomic E-state index is 12.5. The molecule has 0 aromatic carbocycles. The van der Waals surface area contributed by atoms with E-state index in [-0.39, 0.29) is 5.54 Å². The van der Waals surface area contributed by atoms with Gasteiger partial charge in [-0.2, -0.15) is 0 Å². The summed E-state index contributed by atoms with van der Waals surface area (Å²) >= 11 is 0. The van der Waals surface area contributed by atoms with Crippen molar-refractivity contribution >= 4 is 5.91 Å². The quantitative estimate of drug-likeness (QED) is 0.360. The van der Waals surface area contributed by atoms with Crippen molar-refractivity contribution in [3.8, 4) is 0 Å². The number of rotatable bonds is 13. The van der Waals surface area contributed by atoms with Crippen LogP contribution in [0.4, 0.5) is 0 Å². The number of hydrogen-bond donors (Lipinski definition) is 1. The predicted octanol–water partition coefficient (Wildman–Crippen LogP) is 6.77. The third-order valence-corrected chi connectivity index (χ3v) is 7.45. The van der Waals surface area contributed by atoms with Crippen LogP contribution in [0.2, 0.25) is 0 Å². The van der Waals surface area contributed by atoms with E-state index in [2.05, 4.69) is 12.2 Å². The van der Waals surface area contributed by atoms with Crippen molar-refractivity contribution in [1.82, 2.24) is 5.32 Å². The van der Waals surface area contributed by atoms with Crippen LogP contribution >= 0.6 is 0 Å². The normalized spacial score (nSPS) is 32.1. The van der Waals surface area contributed by atoms with Gasteiger partial charge in [-0.25, -0.2) is 0 Å². The molecule has 4 saturated carbocycles. The smallest absolute Gasteiger partial charge is 0.220 e. The minimum atomic E-state index is 0.212. The van der Waals surface area contributed by atoms with E-state index in [4.69, 9.17) is 0 Å². The Kier molecular flexibility index (Phi) is 7.88. The maximum absolute atomic E-state index is 12.5. The Morgan fingerprint density at radius 1 is 0.731 bits per heavy atom. The third-order valence-electron chi connectivity index (χ3n) is 7.45. The molecule has 0 aromatic heterocycles. The molecule has 150 valence electrons. The fourth-order valence-corrected chi connectivity index (χ4v) is 6.57. The second-order valence-electron chi connectivity index (χ2n) is 10.0. The van der Waals surface area contributed by atoms with Crippen molar-refractivity contribution in [2.75, 3.05) is 0 Å². The highest BCUT2D eigenvalue weighted by Crippen LogP contribution is 2.55. The minimum absolute atomic E-state index is 0.212. The summed E-state index contributed by atoms with van der Waals surface area (Å²) in [6, 6.07) is 0. The molecular weight excluding hydrogens is 318 g/mol. The summed E-state index contributed by atoms with van der Waals surface area (Å²) in [7, 11) is 0. The van der Waals surface area contributed by atoms with E-state index >= 15 is 0 Å². The summed E-state index contributed by atoms with van der Waals surface area (Å²) in [6.07, 6.45) is 23.8. The molecule has 0 heterocycles. The van der Waals surface area contributed by atoms with Gasteiger partial charge >= 0.3 is 0 Å². The number of unbranched alkanes of at least 4 members (excludes halogenated alkanes) is 10. The monoisotopic (exact) mass is 361 g/mol. The highest BCUT2D eigenvalue weighted by atomic mass is 16.1. The van der Waals surface area contributed by atoms with Crippen LogP contribution < -0.4 is 5.32 Å². The molecule has 1 amide bonds. The number of carbonyl (C=O) groups is 1. The van der Waals surface area contributed by atoms with Gasteiger partial charge in [0, 0.05) is 12.0 Å². The molecule has 2 heteroatoms. The van der Waals surface area contributed by atoms with Gasteiger partial charge in [0.2, 0.25) is 5.91 Å². The molecule has 4 fully saturated rings. The molecule has 0 aliphatic heterocycles. The van der Waals surface area contributed by atoms with Gasteiger partial charge in [0.1, 0.15) is 0 Å². The number of hydrogen-bond acceptors (Lipinski definition) is 1. The van der Waals surface area contributed by atoms with Gasteiger partial charge in [-0.15, -0.1) is 0 Å². The van der Waals surface area contributed by atoms with Crippen LogP contribution in [0.3, 0.4) is 0 Å². The van der Waals surface area contributed by atoms with Crippen LogP contribution in [0.15, 0.2) is 0 Å². The average molecular weight is 362 g/mol. The molecule has 0 spiro atoms. The molecule has 1 N–H and O–H groups in total. The molecular formula is C24H43NO. The molecule has 4 bridgehead atoms. The minimum Gasteiger partial charge on any atom is -0.351 e. The topological polar surface area (TPSA) is 29.1 Å². The Morgan fingerprint density at radius 2 is 1.15 bits per heavy atom. The SMILES string of the molecule is CCCCCCCCCCCCCC(=O)NC12CC3CC(CC(C3)C1)C2. The molecule has 26 heavy (non-hydrogen) atoms. The Balaban J connectivity index is 1.19. The molecule has 4 rings (SSSR count). The summed E-state index contributed by atoms with van der Waals surface area (Å²) in [6.45, 7) is 2.28. The number of nitrogens with one attached hydrogen (secondary N) is 1. The van der Waals surface area contributed by atoms with E-state index in [1.165, 1.54) is 103 Å². The van der Waals surface area contributed by atoms with Gasteiger partial charge in [-0.3, -0.25) is 4.79 Å². The summed E-state index contributed by atoms with van der Waals surface area (Å²) < 4.78 is 0. The van der Waals surface area contributed by atoms with Crippen LogP contribution in [0.25, 0.3) is 0 Å². The zero-order valence-electron chi connectivity index (χ0n) is 17.4. The maximum Gasteiger partial charge on any atom is 0.220 e. The molecule has 0 atom stereocenters. The summed E-state index contributed by atoms with van der Waals surface area (Å²) in [5.41, 5.74) is 0.212. The van der Waals surface area contributed by atoms with Crippen molar-refractivity contribution < 1.29 is 4.79 Å². The van der Waals surface area contributed by atoms with E-state index in [9.17, 15) is 4.79 Å². The number of carbonyl (C=O) groups excluding carboxylic acids is 1. The molecule has 0 radical (unpaired) electrons. The lowest BCUT2D eigenvalue weighted by molar-refractivity contribution is -0.127. The van der Waals surface area contributed by atoms with Crippen LogP contribution in [0.1, 0.15) is 122 Å². The lowest BCUT2D eigenvalue weighted by atomic mass is 9.53. The average Bonchev–Trinajstić information content (AvgIpc) is 2.58. The van der Waals surface area contributed by atoms with Gasteiger partial charge in [-0.1, -0.05) is 71.1 Å². The third kappa shape index (κ3) is 5.99. The van der Waals surface area contributed by atoms with Gasteiger partial charge in [0.05, 0.1) is 0 Å². The van der Waals surface area contributed by atoms with Crippen molar-refractivity contribution in [3.63, 3.8) is 0 Å². The van der Waals surface area contributed by atoms with Crippen LogP contribution in [-0.2, 0) is 4.79 Å². The Morgan fingerprint density at radius 3 is 1.62 bits per heavy atom. The highest BCUT2D eigenvalue weighted by Gasteiger charge is 2.51. The lowest BCUT2D eigenvalue weighted by Crippen LogP contribution is -2.59. The van der Waals surface area contributed by atoms with Gasteiger partial charge in [0.15, 0.2) is 0 Å². The Labute approximate surface area is 162 Å². The largest absolute Gasteiger partial charge is 0.351 e. The van der Waals surface area contributed by atoms with Crippen molar-refractivity contribution in [1.29, 1.82) is 0 Å². The van der Waals surface area contributed by atoms with Crippen molar-refractivity contribution in [2.45, 2.75) is 128 Å². The van der Waals surface area contributed by atoms with E-state index in [0.29, 0.717) is 5.91 Å². The van der Waals surface area contributed by atoms with Crippen LogP contribution in [-0.4, -0.2) is 11.4 Å². The first-order valence-corrected chi connectivity index (χ1v) is 12.0. The first-order chi connectivity index (χ1) is 12.7. The van der Waals surface area contributed by atoms with Gasteiger partial charge in [-0.05, 0) is 62.7 Å². The molecule has 2 nitrogen and oxygen atoms in total. The summed E-state index contributed by atoms with van der Waals surface area (Å²) in [5.74, 6) is 3.11. The molecule has 0 aromatic rings. The fourth-order valence-electron chi connectivity index (χ4n) is 6.57. The molecule has 4 aliphatic rings. The lowest BCUT2D eigenvalue weighted by Gasteiger charge is -2.56. The summed E-state index contributed by atoms with van der Waals surface area (Å²) in [4.78, 5) is 12.5. The second kappa shape index (κ2) is 10.1. The van der Waals surface area contributed by atoms with Crippen LogP contribution in [0, 0.1) is 17.8 Å². The van der Waals surface area contributed by atoms with Crippen molar-refractivity contribution in [2.24, 2.45) is 17.8 Å². The Hall–Kier alpha value is -0.530. The van der Waals surface area contributed by atoms with E-state index in [0.717, 1.165) is 30.6 Å². The highest BCUT2D eigenvalue weighted by molar-refractivity contribution is 5.76. The van der Waals surface area contributed by atoms with E-state index in [1.807, 2.05) is 0 Å². The molecule has 0 unspecified atom stereocenters. The molecule has 4 aliphatic carbocycles.